The number of aromatic hydroxyl groups is 1. The number of rotatable bonds is 2. The van der Waals surface area contributed by atoms with E-state index in [1.165, 1.54) is 18.2 Å². The summed E-state index contributed by atoms with van der Waals surface area (Å²) in [6.07, 6.45) is 2.68. The van der Waals surface area contributed by atoms with E-state index in [1.807, 2.05) is 13.8 Å². The number of aliphatic hydroxyl groups is 1. The van der Waals surface area contributed by atoms with Gasteiger partial charge in [-0.1, -0.05) is 0 Å². The quantitative estimate of drug-likeness (QED) is 0.803. The van der Waals surface area contributed by atoms with Crippen LogP contribution in [-0.2, 0) is 22.4 Å². The highest BCUT2D eigenvalue weighted by atomic mass is 16.5. The summed E-state index contributed by atoms with van der Waals surface area (Å²) < 4.78 is 4.56. The van der Waals surface area contributed by atoms with E-state index in [-0.39, 0.29) is 5.75 Å². The van der Waals surface area contributed by atoms with Gasteiger partial charge < -0.3 is 14.9 Å². The molecule has 1 aromatic rings. The van der Waals surface area contributed by atoms with E-state index in [4.69, 9.17) is 0 Å². The van der Waals surface area contributed by atoms with Crippen molar-refractivity contribution in [2.75, 3.05) is 7.11 Å². The molecule has 0 heterocycles. The van der Waals surface area contributed by atoms with Crippen molar-refractivity contribution in [1.29, 1.82) is 0 Å². The summed E-state index contributed by atoms with van der Waals surface area (Å²) in [5.74, 6) is -0.718. The van der Waals surface area contributed by atoms with Crippen LogP contribution in [-0.4, -0.2) is 23.3 Å². The van der Waals surface area contributed by atoms with Crippen LogP contribution in [0.15, 0.2) is 0 Å². The average Bonchev–Trinajstić information content (AvgIpc) is 2.44. The molecule has 0 spiro atoms. The number of fused-ring (bicyclic) bond motifs is 1. The lowest BCUT2D eigenvalue weighted by molar-refractivity contribution is -0.150. The standard InChI is InChI=1S/C15H20O4/c1-8-10-6-4-5-7-11(10)9(2)13(16)12(8)14(17)15(18)19-3/h14,16-17H,4-7H2,1-3H3. The van der Waals surface area contributed by atoms with Gasteiger partial charge in [0.25, 0.3) is 0 Å². The first kappa shape index (κ1) is 13.9. The maximum absolute atomic E-state index is 11.5. The number of benzene rings is 1. The first-order chi connectivity index (χ1) is 8.99. The number of esters is 1. The second-order valence-corrected chi connectivity index (χ2v) is 5.10. The highest BCUT2D eigenvalue weighted by molar-refractivity contribution is 5.78. The molecular formula is C15H20O4. The van der Waals surface area contributed by atoms with Crippen LogP contribution in [0.5, 0.6) is 5.75 Å². The number of methoxy groups -OCH3 is 1. The third-order valence-electron chi connectivity index (χ3n) is 4.09. The molecule has 1 atom stereocenters. The number of phenolic OH excluding ortho intramolecular Hbond substituents is 1. The van der Waals surface area contributed by atoms with E-state index in [2.05, 4.69) is 4.74 Å². The van der Waals surface area contributed by atoms with Gasteiger partial charge in [0.05, 0.1) is 7.11 Å². The lowest BCUT2D eigenvalue weighted by Gasteiger charge is -2.25. The van der Waals surface area contributed by atoms with Gasteiger partial charge in [0.2, 0.25) is 0 Å². The molecule has 1 aliphatic carbocycles. The summed E-state index contributed by atoms with van der Waals surface area (Å²) in [4.78, 5) is 11.5. The molecule has 1 aromatic carbocycles. The Bertz CT molecular complexity index is 520. The van der Waals surface area contributed by atoms with Gasteiger partial charge in [0.15, 0.2) is 6.10 Å². The van der Waals surface area contributed by atoms with Crippen molar-refractivity contribution < 1.29 is 19.7 Å². The van der Waals surface area contributed by atoms with E-state index in [0.29, 0.717) is 5.56 Å². The minimum absolute atomic E-state index is 0.0241. The van der Waals surface area contributed by atoms with Crippen LogP contribution in [0, 0.1) is 13.8 Å². The van der Waals surface area contributed by atoms with Crippen LogP contribution in [0.3, 0.4) is 0 Å². The van der Waals surface area contributed by atoms with E-state index in [0.717, 1.165) is 36.8 Å². The summed E-state index contributed by atoms with van der Waals surface area (Å²) in [5, 5.41) is 20.3. The first-order valence-electron chi connectivity index (χ1n) is 6.58. The van der Waals surface area contributed by atoms with Gasteiger partial charge in [-0.3, -0.25) is 0 Å². The normalized spacial score (nSPS) is 15.8. The Morgan fingerprint density at radius 3 is 2.21 bits per heavy atom. The fraction of sp³-hybridized carbons (Fsp3) is 0.533. The van der Waals surface area contributed by atoms with Crippen LogP contribution < -0.4 is 0 Å². The van der Waals surface area contributed by atoms with Crippen LogP contribution in [0.1, 0.15) is 46.8 Å². The summed E-state index contributed by atoms with van der Waals surface area (Å²) >= 11 is 0. The molecule has 19 heavy (non-hydrogen) atoms. The largest absolute Gasteiger partial charge is 0.507 e. The highest BCUT2D eigenvalue weighted by Crippen LogP contribution is 2.39. The number of carbonyl (C=O) groups is 1. The summed E-state index contributed by atoms with van der Waals surface area (Å²) in [6.45, 7) is 3.69. The Hall–Kier alpha value is -1.55. The van der Waals surface area contributed by atoms with Crippen molar-refractivity contribution >= 4 is 5.97 Å². The molecule has 0 radical (unpaired) electrons. The maximum atomic E-state index is 11.5. The van der Waals surface area contributed by atoms with Gasteiger partial charge in [-0.25, -0.2) is 4.79 Å². The topological polar surface area (TPSA) is 66.8 Å². The third-order valence-corrected chi connectivity index (χ3v) is 4.09. The molecule has 2 rings (SSSR count). The smallest absolute Gasteiger partial charge is 0.339 e. The lowest BCUT2D eigenvalue weighted by atomic mass is 9.82. The molecule has 2 N–H and O–H groups in total. The summed E-state index contributed by atoms with van der Waals surface area (Å²) in [7, 11) is 1.23. The summed E-state index contributed by atoms with van der Waals surface area (Å²) in [5.41, 5.74) is 4.22. The van der Waals surface area contributed by atoms with Crippen molar-refractivity contribution in [2.24, 2.45) is 0 Å². The Labute approximate surface area is 113 Å². The minimum Gasteiger partial charge on any atom is -0.507 e. The predicted molar refractivity (Wildman–Crippen MR) is 71.2 cm³/mol. The molecule has 0 amide bonds. The maximum Gasteiger partial charge on any atom is 0.339 e. The second kappa shape index (κ2) is 5.21. The number of carbonyl (C=O) groups excluding carboxylic acids is 1. The van der Waals surface area contributed by atoms with E-state index in [9.17, 15) is 15.0 Å². The molecule has 0 aliphatic heterocycles. The number of aliphatic hydroxyl groups excluding tert-OH is 1. The van der Waals surface area contributed by atoms with Gasteiger partial charge in [-0.2, -0.15) is 0 Å². The monoisotopic (exact) mass is 264 g/mol. The summed E-state index contributed by atoms with van der Waals surface area (Å²) in [6, 6.07) is 0. The molecule has 0 fully saturated rings. The molecule has 1 aliphatic rings. The SMILES string of the molecule is COC(=O)C(O)c1c(C)c2c(c(C)c1O)CCCC2. The van der Waals surface area contributed by atoms with Crippen molar-refractivity contribution in [3.05, 3.63) is 27.8 Å². The molecule has 0 aromatic heterocycles. The molecule has 4 heteroatoms. The van der Waals surface area contributed by atoms with Crippen molar-refractivity contribution in [3.63, 3.8) is 0 Å². The van der Waals surface area contributed by atoms with Gasteiger partial charge >= 0.3 is 5.97 Å². The highest BCUT2D eigenvalue weighted by Gasteiger charge is 2.28. The second-order valence-electron chi connectivity index (χ2n) is 5.10. The predicted octanol–water partition coefficient (Wildman–Crippen LogP) is 2.09. The fourth-order valence-corrected chi connectivity index (χ4v) is 2.98. The lowest BCUT2D eigenvalue weighted by Crippen LogP contribution is -2.18. The molecule has 1 unspecified atom stereocenters. The molecular weight excluding hydrogens is 244 g/mol. The van der Waals surface area contributed by atoms with E-state index >= 15 is 0 Å². The Morgan fingerprint density at radius 2 is 1.68 bits per heavy atom. The zero-order valence-electron chi connectivity index (χ0n) is 11.6. The molecule has 0 saturated carbocycles. The number of ether oxygens (including phenoxy) is 1. The first-order valence-corrected chi connectivity index (χ1v) is 6.58. The zero-order chi connectivity index (χ0) is 14.2. The number of hydrogen-bond donors (Lipinski definition) is 2. The molecule has 0 bridgehead atoms. The zero-order valence-corrected chi connectivity index (χ0v) is 11.6. The van der Waals surface area contributed by atoms with Gasteiger partial charge in [0, 0.05) is 5.56 Å². The third kappa shape index (κ3) is 2.21. The van der Waals surface area contributed by atoms with Crippen molar-refractivity contribution in [1.82, 2.24) is 0 Å². The van der Waals surface area contributed by atoms with Crippen LogP contribution >= 0.6 is 0 Å². The van der Waals surface area contributed by atoms with Gasteiger partial charge in [-0.15, -0.1) is 0 Å². The number of hydrogen-bond acceptors (Lipinski definition) is 4. The van der Waals surface area contributed by atoms with E-state index in [1.54, 1.807) is 0 Å². The molecule has 104 valence electrons. The Morgan fingerprint density at radius 1 is 1.16 bits per heavy atom. The van der Waals surface area contributed by atoms with Gasteiger partial charge in [0.1, 0.15) is 5.75 Å². The van der Waals surface area contributed by atoms with Crippen LogP contribution in [0.25, 0.3) is 0 Å². The van der Waals surface area contributed by atoms with Crippen molar-refractivity contribution in [3.8, 4) is 5.75 Å². The van der Waals surface area contributed by atoms with Crippen LogP contribution in [0.4, 0.5) is 0 Å². The van der Waals surface area contributed by atoms with Gasteiger partial charge in [-0.05, 0) is 61.8 Å². The van der Waals surface area contributed by atoms with Crippen LogP contribution in [0.2, 0.25) is 0 Å². The van der Waals surface area contributed by atoms with Crippen molar-refractivity contribution in [2.45, 2.75) is 45.6 Å². The Balaban J connectivity index is 2.62. The fourth-order valence-electron chi connectivity index (χ4n) is 2.98. The Kier molecular flexibility index (Phi) is 3.80. The number of phenols is 1. The average molecular weight is 264 g/mol. The van der Waals surface area contributed by atoms with E-state index < -0.39 is 12.1 Å². The molecule has 4 nitrogen and oxygen atoms in total. The minimum atomic E-state index is -1.42. The molecule has 0 saturated heterocycles.